The number of anilines is 2. The van der Waals surface area contributed by atoms with Crippen molar-refractivity contribution in [2.24, 2.45) is 0 Å². The molecule has 0 aliphatic rings. The molecule has 3 N–H and O–H groups in total. The van der Waals surface area contributed by atoms with Crippen molar-refractivity contribution >= 4 is 40.3 Å². The summed E-state index contributed by atoms with van der Waals surface area (Å²) in [4.78, 5) is 19.6. The highest BCUT2D eigenvalue weighted by molar-refractivity contribution is 6.33. The topological polar surface area (TPSA) is 80.9 Å². The molecule has 2 aromatic carbocycles. The molecule has 4 aromatic rings. The Morgan fingerprint density at radius 1 is 1.14 bits per heavy atom. The minimum atomic E-state index is -0.352. The highest BCUT2D eigenvalue weighted by atomic mass is 35.5. The SMILES string of the molecule is Nc1ccc(-c2ccc(C=O)c(Cl)c2)nc1NCc1cc2cccnc2cc1F. The summed E-state index contributed by atoms with van der Waals surface area (Å²) in [5.74, 6) is 0.0819. The number of hydrogen-bond acceptors (Lipinski definition) is 5. The lowest BCUT2D eigenvalue weighted by molar-refractivity contribution is 0.112. The number of hydrogen-bond donors (Lipinski definition) is 2. The standard InChI is InChI=1S/C22H16ClFN4O/c23-17-9-14(3-4-15(17)12-29)20-6-5-19(25)22(28-20)27-11-16-8-13-2-1-7-26-21(13)10-18(16)24/h1-10,12H,11,25H2,(H,27,28). The van der Waals surface area contributed by atoms with Crippen LogP contribution in [0.2, 0.25) is 5.02 Å². The van der Waals surface area contributed by atoms with Gasteiger partial charge in [0, 0.05) is 40.9 Å². The van der Waals surface area contributed by atoms with Gasteiger partial charge >= 0.3 is 0 Å². The summed E-state index contributed by atoms with van der Waals surface area (Å²) in [6, 6.07) is 15.4. The second kappa shape index (κ2) is 7.85. The van der Waals surface area contributed by atoms with E-state index in [2.05, 4.69) is 15.3 Å². The van der Waals surface area contributed by atoms with Crippen LogP contribution in [0.4, 0.5) is 15.9 Å². The van der Waals surface area contributed by atoms with Crippen molar-refractivity contribution in [3.05, 3.63) is 82.8 Å². The van der Waals surface area contributed by atoms with Crippen LogP contribution in [0.5, 0.6) is 0 Å². The Kier molecular flexibility index (Phi) is 5.10. The zero-order chi connectivity index (χ0) is 20.4. The van der Waals surface area contributed by atoms with E-state index in [1.54, 1.807) is 42.6 Å². The molecule has 0 spiro atoms. The monoisotopic (exact) mass is 406 g/mol. The summed E-state index contributed by atoms with van der Waals surface area (Å²) >= 11 is 6.11. The smallest absolute Gasteiger partial charge is 0.151 e. The number of rotatable bonds is 5. The molecular formula is C22H16ClFN4O. The third kappa shape index (κ3) is 3.88. The molecule has 2 heterocycles. The number of carbonyl (C=O) groups is 1. The molecule has 4 rings (SSSR count). The lowest BCUT2D eigenvalue weighted by Crippen LogP contribution is -2.07. The van der Waals surface area contributed by atoms with E-state index < -0.39 is 0 Å². The Morgan fingerprint density at radius 3 is 2.79 bits per heavy atom. The molecule has 0 saturated carbocycles. The maximum atomic E-state index is 14.4. The van der Waals surface area contributed by atoms with Gasteiger partial charge in [-0.2, -0.15) is 0 Å². The first-order valence-corrected chi connectivity index (χ1v) is 9.21. The number of aromatic nitrogens is 2. The number of fused-ring (bicyclic) bond motifs is 1. The van der Waals surface area contributed by atoms with Gasteiger partial charge in [-0.05, 0) is 36.4 Å². The Balaban J connectivity index is 1.61. The molecule has 0 radical (unpaired) electrons. The van der Waals surface area contributed by atoms with Crippen molar-refractivity contribution in [1.29, 1.82) is 0 Å². The van der Waals surface area contributed by atoms with Gasteiger partial charge in [-0.1, -0.05) is 23.7 Å². The average Bonchev–Trinajstić information content (AvgIpc) is 2.73. The van der Waals surface area contributed by atoms with Crippen LogP contribution in [-0.2, 0) is 6.54 Å². The largest absolute Gasteiger partial charge is 0.396 e. The van der Waals surface area contributed by atoms with Gasteiger partial charge in [-0.3, -0.25) is 9.78 Å². The van der Waals surface area contributed by atoms with Gasteiger partial charge in [0.15, 0.2) is 6.29 Å². The molecule has 0 bridgehead atoms. The molecule has 0 atom stereocenters. The Morgan fingerprint density at radius 2 is 2.00 bits per heavy atom. The Hall–Kier alpha value is -3.51. The quantitative estimate of drug-likeness (QED) is 0.451. The zero-order valence-electron chi connectivity index (χ0n) is 15.2. The number of benzene rings is 2. The van der Waals surface area contributed by atoms with Crippen molar-refractivity contribution in [2.45, 2.75) is 6.54 Å². The number of nitrogens with one attached hydrogen (secondary N) is 1. The van der Waals surface area contributed by atoms with Gasteiger partial charge in [0.25, 0.3) is 0 Å². The summed E-state index contributed by atoms with van der Waals surface area (Å²) in [5.41, 5.74) is 9.33. The van der Waals surface area contributed by atoms with Crippen LogP contribution >= 0.6 is 11.6 Å². The first-order chi connectivity index (χ1) is 14.0. The highest BCUT2D eigenvalue weighted by Gasteiger charge is 2.10. The van der Waals surface area contributed by atoms with E-state index in [0.717, 1.165) is 10.9 Å². The summed E-state index contributed by atoms with van der Waals surface area (Å²) < 4.78 is 14.4. The lowest BCUT2D eigenvalue weighted by atomic mass is 10.1. The molecule has 0 amide bonds. The molecule has 5 nitrogen and oxygen atoms in total. The van der Waals surface area contributed by atoms with Gasteiger partial charge in [-0.25, -0.2) is 9.37 Å². The van der Waals surface area contributed by atoms with E-state index in [1.807, 2.05) is 12.1 Å². The molecule has 7 heteroatoms. The maximum Gasteiger partial charge on any atom is 0.151 e. The molecule has 0 saturated heterocycles. The van der Waals surface area contributed by atoms with Gasteiger partial charge < -0.3 is 11.1 Å². The van der Waals surface area contributed by atoms with E-state index in [0.29, 0.717) is 45.2 Å². The highest BCUT2D eigenvalue weighted by Crippen LogP contribution is 2.27. The lowest BCUT2D eigenvalue weighted by Gasteiger charge is -2.12. The average molecular weight is 407 g/mol. The zero-order valence-corrected chi connectivity index (χ0v) is 15.9. The predicted octanol–water partition coefficient (Wildman–Crippen LogP) is 5.10. The molecule has 144 valence electrons. The summed E-state index contributed by atoms with van der Waals surface area (Å²) in [6.07, 6.45) is 2.33. The van der Waals surface area contributed by atoms with E-state index in [9.17, 15) is 9.18 Å². The fraction of sp³-hybridized carbons (Fsp3) is 0.0455. The van der Waals surface area contributed by atoms with Crippen molar-refractivity contribution in [3.8, 4) is 11.3 Å². The molecule has 29 heavy (non-hydrogen) atoms. The molecule has 0 fully saturated rings. The van der Waals surface area contributed by atoms with E-state index in [4.69, 9.17) is 17.3 Å². The van der Waals surface area contributed by atoms with Gasteiger partial charge in [0.2, 0.25) is 0 Å². The summed E-state index contributed by atoms with van der Waals surface area (Å²) in [5, 5.41) is 4.29. The van der Waals surface area contributed by atoms with E-state index in [-0.39, 0.29) is 12.4 Å². The molecule has 2 aromatic heterocycles. The number of nitrogen functional groups attached to an aromatic ring is 1. The number of nitrogens with zero attached hydrogens (tertiary/aromatic N) is 2. The molecule has 0 aliphatic heterocycles. The third-order valence-electron chi connectivity index (χ3n) is 4.57. The normalized spacial score (nSPS) is 10.8. The van der Waals surface area contributed by atoms with Crippen LogP contribution in [0.1, 0.15) is 15.9 Å². The van der Waals surface area contributed by atoms with Crippen LogP contribution in [0, 0.1) is 5.82 Å². The van der Waals surface area contributed by atoms with E-state index in [1.165, 1.54) is 6.07 Å². The fourth-order valence-electron chi connectivity index (χ4n) is 3.01. The minimum Gasteiger partial charge on any atom is -0.396 e. The Labute approximate surface area is 171 Å². The van der Waals surface area contributed by atoms with Crippen molar-refractivity contribution in [2.75, 3.05) is 11.1 Å². The van der Waals surface area contributed by atoms with Crippen molar-refractivity contribution < 1.29 is 9.18 Å². The van der Waals surface area contributed by atoms with Gasteiger partial charge in [0.05, 0.1) is 21.9 Å². The van der Waals surface area contributed by atoms with Crippen LogP contribution in [-0.4, -0.2) is 16.3 Å². The number of aldehydes is 1. The van der Waals surface area contributed by atoms with Crippen LogP contribution in [0.3, 0.4) is 0 Å². The summed E-state index contributed by atoms with van der Waals surface area (Å²) in [6.45, 7) is 0.210. The number of carbonyl (C=O) groups excluding carboxylic acids is 1. The molecular weight excluding hydrogens is 391 g/mol. The maximum absolute atomic E-state index is 14.4. The van der Waals surface area contributed by atoms with Crippen LogP contribution in [0.15, 0.2) is 60.8 Å². The van der Waals surface area contributed by atoms with Crippen molar-refractivity contribution in [1.82, 2.24) is 9.97 Å². The van der Waals surface area contributed by atoms with Crippen LogP contribution < -0.4 is 11.1 Å². The second-order valence-corrected chi connectivity index (χ2v) is 6.89. The first kappa shape index (κ1) is 18.8. The number of pyridine rings is 2. The van der Waals surface area contributed by atoms with Crippen molar-refractivity contribution in [3.63, 3.8) is 0 Å². The van der Waals surface area contributed by atoms with Crippen LogP contribution in [0.25, 0.3) is 22.2 Å². The molecule has 0 unspecified atom stereocenters. The molecule has 0 aliphatic carbocycles. The Bertz CT molecular complexity index is 1230. The predicted molar refractivity (Wildman–Crippen MR) is 114 cm³/mol. The fourth-order valence-corrected chi connectivity index (χ4v) is 3.24. The minimum absolute atomic E-state index is 0.210. The summed E-state index contributed by atoms with van der Waals surface area (Å²) in [7, 11) is 0. The number of nitrogens with two attached hydrogens (primary N) is 1. The number of halogens is 2. The third-order valence-corrected chi connectivity index (χ3v) is 4.89. The van der Waals surface area contributed by atoms with Gasteiger partial charge in [-0.15, -0.1) is 0 Å². The van der Waals surface area contributed by atoms with E-state index >= 15 is 0 Å². The first-order valence-electron chi connectivity index (χ1n) is 8.84. The van der Waals surface area contributed by atoms with Gasteiger partial charge in [0.1, 0.15) is 11.6 Å². The second-order valence-electron chi connectivity index (χ2n) is 6.48.